The van der Waals surface area contributed by atoms with Gasteiger partial charge in [-0.1, -0.05) is 0 Å². The first-order valence-electron chi connectivity index (χ1n) is 8.88. The van der Waals surface area contributed by atoms with Crippen LogP contribution in [0.3, 0.4) is 0 Å². The van der Waals surface area contributed by atoms with Crippen molar-refractivity contribution >= 4 is 11.9 Å². The number of ether oxygens (including phenoxy) is 1. The molecular weight excluding hydrogens is 320 g/mol. The third-order valence-corrected chi connectivity index (χ3v) is 4.57. The van der Waals surface area contributed by atoms with Crippen molar-refractivity contribution in [1.82, 2.24) is 15.1 Å². The summed E-state index contributed by atoms with van der Waals surface area (Å²) in [7, 11) is 5.85. The minimum Gasteiger partial charge on any atom is -0.468 e. The molecule has 1 atom stereocenters. The average molecular weight is 350 g/mol. The van der Waals surface area contributed by atoms with E-state index in [-0.39, 0.29) is 17.9 Å². The quantitative estimate of drug-likeness (QED) is 0.479. The Morgan fingerprint density at radius 3 is 2.72 bits per heavy atom. The molecule has 2 heterocycles. The van der Waals surface area contributed by atoms with Gasteiger partial charge >= 0.3 is 5.97 Å². The van der Waals surface area contributed by atoms with Gasteiger partial charge in [0.15, 0.2) is 5.96 Å². The van der Waals surface area contributed by atoms with Crippen LogP contribution in [0.2, 0.25) is 0 Å². The number of likely N-dealkylation sites (tertiary alicyclic amines) is 1. The molecule has 1 N–H and O–H groups in total. The van der Waals surface area contributed by atoms with Crippen molar-refractivity contribution < 1.29 is 13.9 Å². The van der Waals surface area contributed by atoms with Crippen molar-refractivity contribution in [2.24, 2.45) is 10.9 Å². The zero-order chi connectivity index (χ0) is 18.2. The molecule has 1 fully saturated rings. The number of guanidine groups is 1. The first-order chi connectivity index (χ1) is 12.1. The van der Waals surface area contributed by atoms with Gasteiger partial charge in [0.05, 0.1) is 24.8 Å². The summed E-state index contributed by atoms with van der Waals surface area (Å²) in [5.41, 5.74) is 0. The number of esters is 1. The molecular formula is C18H30N4O3. The number of likely N-dealkylation sites (N-methyl/N-ethyl adjacent to an activating group) is 1. The highest BCUT2D eigenvalue weighted by Crippen LogP contribution is 2.20. The van der Waals surface area contributed by atoms with Gasteiger partial charge in [0, 0.05) is 26.7 Å². The van der Waals surface area contributed by atoms with Crippen molar-refractivity contribution in [3.63, 3.8) is 0 Å². The zero-order valence-electron chi connectivity index (χ0n) is 15.7. The summed E-state index contributed by atoms with van der Waals surface area (Å²) >= 11 is 0. The van der Waals surface area contributed by atoms with E-state index in [4.69, 9.17) is 9.15 Å². The molecule has 1 saturated heterocycles. The number of aliphatic imine (C=N–C) groups is 1. The van der Waals surface area contributed by atoms with Crippen molar-refractivity contribution in [3.05, 3.63) is 24.2 Å². The highest BCUT2D eigenvalue weighted by Gasteiger charge is 2.28. The third-order valence-electron chi connectivity index (χ3n) is 4.57. The van der Waals surface area contributed by atoms with Crippen LogP contribution in [0.4, 0.5) is 0 Å². The lowest BCUT2D eigenvalue weighted by Crippen LogP contribution is -2.48. The van der Waals surface area contributed by atoms with Crippen LogP contribution in [0.15, 0.2) is 27.8 Å². The summed E-state index contributed by atoms with van der Waals surface area (Å²) in [4.78, 5) is 20.6. The Labute approximate surface area is 150 Å². The molecule has 0 spiro atoms. The number of piperidine rings is 1. The van der Waals surface area contributed by atoms with Crippen LogP contribution >= 0.6 is 0 Å². The predicted octanol–water partition coefficient (Wildman–Crippen LogP) is 1.73. The van der Waals surface area contributed by atoms with Crippen LogP contribution in [-0.2, 0) is 9.53 Å². The predicted molar refractivity (Wildman–Crippen MR) is 97.4 cm³/mol. The van der Waals surface area contributed by atoms with Gasteiger partial charge in [-0.3, -0.25) is 14.7 Å². The Balaban J connectivity index is 1.88. The lowest BCUT2D eigenvalue weighted by atomic mass is 9.97. The Kier molecular flexibility index (Phi) is 7.31. The smallest absolute Gasteiger partial charge is 0.309 e. The fourth-order valence-electron chi connectivity index (χ4n) is 3.13. The zero-order valence-corrected chi connectivity index (χ0v) is 15.7. The molecule has 25 heavy (non-hydrogen) atoms. The molecule has 140 valence electrons. The van der Waals surface area contributed by atoms with Crippen LogP contribution in [-0.4, -0.2) is 69.1 Å². The van der Waals surface area contributed by atoms with E-state index in [0.717, 1.165) is 37.7 Å². The third kappa shape index (κ3) is 5.22. The summed E-state index contributed by atoms with van der Waals surface area (Å²) in [6.45, 7) is 4.60. The Bertz CT molecular complexity index is 549. The van der Waals surface area contributed by atoms with Gasteiger partial charge in [-0.2, -0.15) is 0 Å². The second kappa shape index (κ2) is 9.46. The fourth-order valence-corrected chi connectivity index (χ4v) is 3.13. The molecule has 1 aliphatic rings. The summed E-state index contributed by atoms with van der Waals surface area (Å²) in [6, 6.07) is 4.02. The Hall–Kier alpha value is -2.02. The molecule has 1 aromatic heterocycles. The molecule has 0 radical (unpaired) electrons. The largest absolute Gasteiger partial charge is 0.468 e. The van der Waals surface area contributed by atoms with Crippen molar-refractivity contribution in [3.8, 4) is 0 Å². The molecule has 0 aromatic carbocycles. The van der Waals surface area contributed by atoms with Gasteiger partial charge in [-0.15, -0.1) is 0 Å². The van der Waals surface area contributed by atoms with Crippen LogP contribution in [0, 0.1) is 5.92 Å². The fraction of sp³-hybridized carbons (Fsp3) is 0.667. The van der Waals surface area contributed by atoms with Crippen molar-refractivity contribution in [2.75, 3.05) is 47.4 Å². The molecule has 7 nitrogen and oxygen atoms in total. The number of hydrogen-bond donors (Lipinski definition) is 1. The standard InChI is InChI=1S/C18H30N4O3/c1-5-24-17(23)14-8-10-22(11-9-14)18(19-2)20-13-15(21(3)4)16-7-6-12-25-16/h6-7,12,14-15H,5,8-11,13H2,1-4H3,(H,19,20). The van der Waals surface area contributed by atoms with Gasteiger partial charge in [0.25, 0.3) is 0 Å². The number of nitrogens with zero attached hydrogens (tertiary/aromatic N) is 3. The number of carbonyl (C=O) groups excluding carboxylic acids is 1. The Morgan fingerprint density at radius 1 is 1.48 bits per heavy atom. The molecule has 1 aliphatic heterocycles. The maximum atomic E-state index is 11.9. The molecule has 0 bridgehead atoms. The van der Waals surface area contributed by atoms with E-state index >= 15 is 0 Å². The monoisotopic (exact) mass is 350 g/mol. The number of nitrogens with one attached hydrogen (secondary N) is 1. The van der Waals surface area contributed by atoms with Crippen molar-refractivity contribution in [1.29, 1.82) is 0 Å². The van der Waals surface area contributed by atoms with Crippen LogP contribution < -0.4 is 5.32 Å². The second-order valence-corrected chi connectivity index (χ2v) is 6.44. The molecule has 0 aliphatic carbocycles. The highest BCUT2D eigenvalue weighted by atomic mass is 16.5. The summed E-state index contributed by atoms with van der Waals surface area (Å²) in [5, 5.41) is 3.44. The molecule has 0 amide bonds. The lowest BCUT2D eigenvalue weighted by Gasteiger charge is -2.34. The first kappa shape index (κ1) is 19.3. The minimum atomic E-state index is -0.0735. The van der Waals surface area contributed by atoms with Gasteiger partial charge in [-0.05, 0) is 46.0 Å². The minimum absolute atomic E-state index is 0.00643. The highest BCUT2D eigenvalue weighted by molar-refractivity contribution is 5.80. The Morgan fingerprint density at radius 2 is 2.20 bits per heavy atom. The topological polar surface area (TPSA) is 70.3 Å². The molecule has 7 heteroatoms. The number of furan rings is 1. The number of hydrogen-bond acceptors (Lipinski definition) is 5. The average Bonchev–Trinajstić information content (AvgIpc) is 3.13. The molecule has 1 unspecified atom stereocenters. The van der Waals surface area contributed by atoms with Gasteiger partial charge < -0.3 is 19.4 Å². The van der Waals surface area contributed by atoms with E-state index in [1.54, 1.807) is 13.3 Å². The van der Waals surface area contributed by atoms with Crippen molar-refractivity contribution in [2.45, 2.75) is 25.8 Å². The van der Waals surface area contributed by atoms with E-state index in [9.17, 15) is 4.79 Å². The normalized spacial score (nSPS) is 17.6. The van der Waals surface area contributed by atoms with E-state index < -0.39 is 0 Å². The number of rotatable bonds is 6. The first-order valence-corrected chi connectivity index (χ1v) is 8.88. The SMILES string of the molecule is CCOC(=O)C1CCN(C(=NC)NCC(c2ccco2)N(C)C)CC1. The summed E-state index contributed by atoms with van der Waals surface area (Å²) in [5.74, 6) is 1.72. The second-order valence-electron chi connectivity index (χ2n) is 6.44. The molecule has 2 rings (SSSR count). The van der Waals surface area contributed by atoms with Crippen LogP contribution in [0.5, 0.6) is 0 Å². The lowest BCUT2D eigenvalue weighted by molar-refractivity contribution is -0.149. The van der Waals surface area contributed by atoms with Gasteiger partial charge in [0.2, 0.25) is 0 Å². The van der Waals surface area contributed by atoms with Crippen LogP contribution in [0.25, 0.3) is 0 Å². The maximum absolute atomic E-state index is 11.9. The van der Waals surface area contributed by atoms with Gasteiger partial charge in [0.1, 0.15) is 5.76 Å². The van der Waals surface area contributed by atoms with E-state index in [2.05, 4.69) is 20.1 Å². The summed E-state index contributed by atoms with van der Waals surface area (Å²) in [6.07, 6.45) is 3.30. The molecule has 1 aromatic rings. The van der Waals surface area contributed by atoms with E-state index in [0.29, 0.717) is 13.2 Å². The van der Waals surface area contributed by atoms with Crippen LogP contribution in [0.1, 0.15) is 31.6 Å². The van der Waals surface area contributed by atoms with E-state index in [1.165, 1.54) is 0 Å². The summed E-state index contributed by atoms with van der Waals surface area (Å²) < 4.78 is 10.7. The maximum Gasteiger partial charge on any atom is 0.309 e. The molecule has 0 saturated carbocycles. The van der Waals surface area contributed by atoms with E-state index in [1.807, 2.05) is 33.2 Å². The number of carbonyl (C=O) groups is 1. The van der Waals surface area contributed by atoms with Gasteiger partial charge in [-0.25, -0.2) is 0 Å².